The van der Waals surface area contributed by atoms with E-state index >= 15 is 0 Å². The Hall–Kier alpha value is -0.980. The van der Waals surface area contributed by atoms with Crippen LogP contribution in [0.15, 0.2) is 0 Å². The molecule has 3 atom stereocenters. The van der Waals surface area contributed by atoms with Crippen molar-refractivity contribution >= 4 is 11.8 Å². The minimum absolute atomic E-state index is 0.0265. The summed E-state index contributed by atoms with van der Waals surface area (Å²) in [5.41, 5.74) is 0. The normalized spacial score (nSPS) is 21.3. The van der Waals surface area contributed by atoms with E-state index in [1.807, 2.05) is 19.0 Å². The van der Waals surface area contributed by atoms with Gasteiger partial charge in [-0.3, -0.25) is 4.79 Å². The van der Waals surface area contributed by atoms with Crippen LogP contribution in [0, 0.1) is 11.8 Å². The van der Waals surface area contributed by atoms with Gasteiger partial charge in [-0.15, -0.1) is 0 Å². The van der Waals surface area contributed by atoms with Crippen LogP contribution in [0.4, 0.5) is 0 Å². The highest BCUT2D eigenvalue weighted by Crippen LogP contribution is 2.40. The van der Waals surface area contributed by atoms with E-state index in [0.29, 0.717) is 38.8 Å². The van der Waals surface area contributed by atoms with Gasteiger partial charge in [0.1, 0.15) is 12.4 Å². The van der Waals surface area contributed by atoms with Gasteiger partial charge in [-0.2, -0.15) is 0 Å². The number of ether oxygens (including phenoxy) is 3. The Morgan fingerprint density at radius 3 is 2.43 bits per heavy atom. The minimum atomic E-state index is -0.304. The summed E-state index contributed by atoms with van der Waals surface area (Å²) in [5, 5.41) is 0. The number of Topliss-reactive ketones (excluding diaryl/α,β-unsaturated/α-hetero) is 1. The Morgan fingerprint density at radius 2 is 1.87 bits per heavy atom. The van der Waals surface area contributed by atoms with Gasteiger partial charge in [-0.25, -0.2) is 4.79 Å². The van der Waals surface area contributed by atoms with E-state index in [9.17, 15) is 9.59 Å². The average Bonchev–Trinajstić information content (AvgIpc) is 3.25. The number of carbonyl (C=O) groups excluding carboxylic acids is 2. The van der Waals surface area contributed by atoms with Crippen LogP contribution in [0.5, 0.6) is 0 Å². The molecule has 1 aliphatic rings. The molecule has 0 bridgehead atoms. The molecule has 1 fully saturated rings. The van der Waals surface area contributed by atoms with E-state index < -0.39 is 0 Å². The van der Waals surface area contributed by atoms with Crippen molar-refractivity contribution in [3.05, 3.63) is 0 Å². The van der Waals surface area contributed by atoms with Crippen LogP contribution >= 0.6 is 0 Å². The zero-order valence-corrected chi connectivity index (χ0v) is 14.9. The largest absolute Gasteiger partial charge is 0.464 e. The monoisotopic (exact) mass is 329 g/mol. The lowest BCUT2D eigenvalue weighted by Gasteiger charge is -2.23. The summed E-state index contributed by atoms with van der Waals surface area (Å²) >= 11 is 0. The SMILES string of the molecule is CCC1CC1COC(=O)COCC(COCCC(C)=O)N(C)C. The van der Waals surface area contributed by atoms with Crippen molar-refractivity contribution in [2.24, 2.45) is 11.8 Å². The van der Waals surface area contributed by atoms with Gasteiger partial charge in [0.25, 0.3) is 0 Å². The molecular weight excluding hydrogens is 298 g/mol. The molecule has 0 aromatic rings. The van der Waals surface area contributed by atoms with Crippen molar-refractivity contribution < 1.29 is 23.8 Å². The Kier molecular flexibility index (Phi) is 9.36. The predicted octanol–water partition coefficient (Wildman–Crippen LogP) is 1.52. The first kappa shape index (κ1) is 20.1. The number of hydrogen-bond acceptors (Lipinski definition) is 6. The first-order valence-corrected chi connectivity index (χ1v) is 8.41. The quantitative estimate of drug-likeness (QED) is 0.377. The molecule has 3 unspecified atom stereocenters. The molecular formula is C17H31NO5. The lowest BCUT2D eigenvalue weighted by atomic mass is 10.3. The molecule has 1 rings (SSSR count). The second kappa shape index (κ2) is 10.7. The zero-order chi connectivity index (χ0) is 17.2. The van der Waals surface area contributed by atoms with E-state index in [2.05, 4.69) is 6.92 Å². The van der Waals surface area contributed by atoms with Gasteiger partial charge in [-0.1, -0.05) is 13.3 Å². The molecule has 0 radical (unpaired) electrons. The van der Waals surface area contributed by atoms with Crippen LogP contribution < -0.4 is 0 Å². The Bertz CT molecular complexity index is 372. The van der Waals surface area contributed by atoms with Crippen molar-refractivity contribution in [3.8, 4) is 0 Å². The molecule has 0 aliphatic heterocycles. The Balaban J connectivity index is 2.09. The van der Waals surface area contributed by atoms with Gasteiger partial charge in [0.05, 0.1) is 32.5 Å². The van der Waals surface area contributed by atoms with E-state index in [1.165, 1.54) is 6.42 Å². The molecule has 0 N–H and O–H groups in total. The molecule has 0 aromatic heterocycles. The summed E-state index contributed by atoms with van der Waals surface area (Å²) in [6.07, 6.45) is 2.76. The minimum Gasteiger partial charge on any atom is -0.464 e. The van der Waals surface area contributed by atoms with Crippen molar-refractivity contribution in [2.45, 2.75) is 39.2 Å². The van der Waals surface area contributed by atoms with Crippen LogP contribution in [-0.2, 0) is 23.8 Å². The molecule has 6 nitrogen and oxygen atoms in total. The maximum Gasteiger partial charge on any atom is 0.332 e. The second-order valence-electron chi connectivity index (χ2n) is 6.51. The summed E-state index contributed by atoms with van der Waals surface area (Å²) in [6, 6.07) is 0.0441. The molecule has 0 heterocycles. The van der Waals surface area contributed by atoms with E-state index in [4.69, 9.17) is 14.2 Å². The summed E-state index contributed by atoms with van der Waals surface area (Å²) in [7, 11) is 3.86. The second-order valence-corrected chi connectivity index (χ2v) is 6.51. The summed E-state index contributed by atoms with van der Waals surface area (Å²) < 4.78 is 16.1. The van der Waals surface area contributed by atoms with Crippen LogP contribution in [0.25, 0.3) is 0 Å². The fourth-order valence-electron chi connectivity index (χ4n) is 2.32. The maximum absolute atomic E-state index is 11.6. The number of esters is 1. The number of nitrogens with zero attached hydrogens (tertiary/aromatic N) is 1. The number of ketones is 1. The lowest BCUT2D eigenvalue weighted by molar-refractivity contribution is -0.150. The van der Waals surface area contributed by atoms with Crippen molar-refractivity contribution in [1.82, 2.24) is 4.90 Å². The molecule has 0 amide bonds. The van der Waals surface area contributed by atoms with Gasteiger partial charge in [0, 0.05) is 6.42 Å². The molecule has 23 heavy (non-hydrogen) atoms. The standard InChI is InChI=1S/C17H31NO5/c1-5-14-8-15(14)9-23-17(20)12-22-11-16(18(3)4)10-21-7-6-13(2)19/h14-16H,5-12H2,1-4H3. The Morgan fingerprint density at radius 1 is 1.17 bits per heavy atom. The summed E-state index contributed by atoms with van der Waals surface area (Å²) in [6.45, 7) is 5.48. The number of hydrogen-bond donors (Lipinski definition) is 0. The third kappa shape index (κ3) is 9.03. The van der Waals surface area contributed by atoms with Gasteiger partial charge in [-0.05, 0) is 39.3 Å². The lowest BCUT2D eigenvalue weighted by Crippen LogP contribution is -2.37. The smallest absolute Gasteiger partial charge is 0.332 e. The van der Waals surface area contributed by atoms with E-state index in [-0.39, 0.29) is 24.4 Å². The van der Waals surface area contributed by atoms with Crippen LogP contribution in [0.2, 0.25) is 0 Å². The summed E-state index contributed by atoms with van der Waals surface area (Å²) in [4.78, 5) is 24.5. The summed E-state index contributed by atoms with van der Waals surface area (Å²) in [5.74, 6) is 1.09. The maximum atomic E-state index is 11.6. The number of rotatable bonds is 13. The average molecular weight is 329 g/mol. The third-order valence-corrected chi connectivity index (χ3v) is 4.22. The third-order valence-electron chi connectivity index (χ3n) is 4.22. The van der Waals surface area contributed by atoms with Crippen LogP contribution in [-0.4, -0.2) is 69.8 Å². The molecule has 6 heteroatoms. The molecule has 0 spiro atoms. The number of likely N-dealkylation sites (N-methyl/N-ethyl adjacent to an activating group) is 1. The van der Waals surface area contributed by atoms with Gasteiger partial charge >= 0.3 is 5.97 Å². The highest BCUT2D eigenvalue weighted by Gasteiger charge is 2.36. The van der Waals surface area contributed by atoms with Crippen molar-refractivity contribution in [2.75, 3.05) is 47.1 Å². The van der Waals surface area contributed by atoms with Crippen LogP contribution in [0.3, 0.4) is 0 Å². The zero-order valence-electron chi connectivity index (χ0n) is 14.9. The number of carbonyl (C=O) groups is 2. The highest BCUT2D eigenvalue weighted by atomic mass is 16.6. The predicted molar refractivity (Wildman–Crippen MR) is 87.3 cm³/mol. The molecule has 1 aliphatic carbocycles. The Labute approximate surface area is 139 Å². The fraction of sp³-hybridized carbons (Fsp3) is 0.882. The molecule has 1 saturated carbocycles. The molecule has 134 valence electrons. The van der Waals surface area contributed by atoms with Gasteiger partial charge in [0.15, 0.2) is 0 Å². The van der Waals surface area contributed by atoms with Gasteiger partial charge in [0.2, 0.25) is 0 Å². The van der Waals surface area contributed by atoms with Crippen molar-refractivity contribution in [1.29, 1.82) is 0 Å². The fourth-order valence-corrected chi connectivity index (χ4v) is 2.32. The van der Waals surface area contributed by atoms with Crippen LogP contribution in [0.1, 0.15) is 33.1 Å². The molecule has 0 aromatic carbocycles. The van der Waals surface area contributed by atoms with E-state index in [0.717, 1.165) is 12.3 Å². The van der Waals surface area contributed by atoms with Crippen molar-refractivity contribution in [3.63, 3.8) is 0 Å². The highest BCUT2D eigenvalue weighted by molar-refractivity contribution is 5.75. The first-order chi connectivity index (χ1) is 10.9. The van der Waals surface area contributed by atoms with E-state index in [1.54, 1.807) is 6.92 Å². The molecule has 0 saturated heterocycles. The first-order valence-electron chi connectivity index (χ1n) is 8.41. The topological polar surface area (TPSA) is 65.1 Å². The van der Waals surface area contributed by atoms with Gasteiger partial charge < -0.3 is 19.1 Å².